The first-order chi connectivity index (χ1) is 10.3. The zero-order valence-corrected chi connectivity index (χ0v) is 11.9. The summed E-state index contributed by atoms with van der Waals surface area (Å²) in [5.74, 6) is 0.484. The minimum Gasteiger partial charge on any atom is -0.480 e. The number of benzene rings is 1. The molecule has 5 heteroatoms. The molecule has 3 aromatic rings. The molecule has 21 heavy (non-hydrogen) atoms. The van der Waals surface area contributed by atoms with E-state index in [0.717, 1.165) is 28.7 Å². The highest BCUT2D eigenvalue weighted by Crippen LogP contribution is 2.29. The van der Waals surface area contributed by atoms with Crippen LogP contribution < -0.4 is 4.74 Å². The Morgan fingerprint density at radius 3 is 2.86 bits per heavy atom. The Morgan fingerprint density at radius 1 is 1.29 bits per heavy atom. The van der Waals surface area contributed by atoms with Crippen molar-refractivity contribution in [2.75, 3.05) is 7.11 Å². The van der Waals surface area contributed by atoms with Crippen molar-refractivity contribution in [3.05, 3.63) is 42.1 Å². The highest BCUT2D eigenvalue weighted by molar-refractivity contribution is 5.88. The first-order valence-electron chi connectivity index (χ1n) is 6.67. The van der Waals surface area contributed by atoms with E-state index < -0.39 is 0 Å². The molecule has 2 aromatic heterocycles. The average molecular weight is 278 g/mol. The molecule has 5 nitrogen and oxygen atoms in total. The standard InChI is InChI=1S/C16H14N4O/c1-3-20-14-6-11(9-17)4-5-12(14)7-15(20)13-8-16(21-2)19-18-10-13/h4-8,10H,3H2,1-2H3. The van der Waals surface area contributed by atoms with Crippen LogP contribution in [0.2, 0.25) is 0 Å². The number of methoxy groups -OCH3 is 1. The molecular weight excluding hydrogens is 264 g/mol. The van der Waals surface area contributed by atoms with E-state index in [4.69, 9.17) is 10.00 Å². The Bertz CT molecular complexity index is 845. The molecule has 0 bridgehead atoms. The molecule has 0 saturated heterocycles. The van der Waals surface area contributed by atoms with E-state index in [1.54, 1.807) is 13.3 Å². The van der Waals surface area contributed by atoms with Gasteiger partial charge in [0, 0.05) is 29.1 Å². The summed E-state index contributed by atoms with van der Waals surface area (Å²) in [4.78, 5) is 0. The van der Waals surface area contributed by atoms with E-state index in [1.165, 1.54) is 0 Å². The van der Waals surface area contributed by atoms with Gasteiger partial charge in [-0.3, -0.25) is 0 Å². The van der Waals surface area contributed by atoms with E-state index >= 15 is 0 Å². The average Bonchev–Trinajstić information content (AvgIpc) is 2.92. The Balaban J connectivity index is 2.24. The van der Waals surface area contributed by atoms with Crippen molar-refractivity contribution >= 4 is 10.9 Å². The first kappa shape index (κ1) is 13.1. The monoisotopic (exact) mass is 278 g/mol. The fourth-order valence-corrected chi connectivity index (χ4v) is 2.49. The van der Waals surface area contributed by atoms with Gasteiger partial charge in [-0.2, -0.15) is 10.4 Å². The van der Waals surface area contributed by atoms with Crippen LogP contribution in [0.4, 0.5) is 0 Å². The molecule has 0 aliphatic heterocycles. The molecule has 0 aliphatic rings. The largest absolute Gasteiger partial charge is 0.480 e. The van der Waals surface area contributed by atoms with Crippen LogP contribution in [0.5, 0.6) is 5.88 Å². The second-order valence-corrected chi connectivity index (χ2v) is 4.65. The minimum absolute atomic E-state index is 0.484. The van der Waals surface area contributed by atoms with Crippen molar-refractivity contribution in [1.29, 1.82) is 5.26 Å². The summed E-state index contributed by atoms with van der Waals surface area (Å²) >= 11 is 0. The molecule has 2 heterocycles. The van der Waals surface area contributed by atoms with Crippen LogP contribution in [-0.2, 0) is 6.54 Å². The first-order valence-corrected chi connectivity index (χ1v) is 6.67. The molecular formula is C16H14N4O. The molecule has 1 aromatic carbocycles. The SMILES string of the molecule is CCn1c(-c2cnnc(OC)c2)cc2ccc(C#N)cc21. The minimum atomic E-state index is 0.484. The van der Waals surface area contributed by atoms with Gasteiger partial charge in [-0.25, -0.2) is 0 Å². The maximum Gasteiger partial charge on any atom is 0.233 e. The van der Waals surface area contributed by atoms with Crippen LogP contribution in [-0.4, -0.2) is 21.9 Å². The van der Waals surface area contributed by atoms with Gasteiger partial charge >= 0.3 is 0 Å². The molecule has 0 amide bonds. The summed E-state index contributed by atoms with van der Waals surface area (Å²) in [6, 6.07) is 11.8. The number of aryl methyl sites for hydroxylation is 1. The summed E-state index contributed by atoms with van der Waals surface area (Å²) in [6.07, 6.45) is 1.72. The number of rotatable bonds is 3. The third-order valence-corrected chi connectivity index (χ3v) is 3.49. The highest BCUT2D eigenvalue weighted by Gasteiger charge is 2.11. The molecule has 104 valence electrons. The van der Waals surface area contributed by atoms with Crippen molar-refractivity contribution in [3.8, 4) is 23.2 Å². The third kappa shape index (κ3) is 2.21. The molecule has 3 rings (SSSR count). The number of aromatic nitrogens is 3. The van der Waals surface area contributed by atoms with Gasteiger partial charge in [-0.05, 0) is 25.1 Å². The molecule has 0 aliphatic carbocycles. The zero-order valence-electron chi connectivity index (χ0n) is 11.9. The van der Waals surface area contributed by atoms with Crippen molar-refractivity contribution in [2.45, 2.75) is 13.5 Å². The fourth-order valence-electron chi connectivity index (χ4n) is 2.49. The summed E-state index contributed by atoms with van der Waals surface area (Å²) in [5, 5.41) is 18.0. The van der Waals surface area contributed by atoms with Crippen LogP contribution >= 0.6 is 0 Å². The van der Waals surface area contributed by atoms with E-state index in [0.29, 0.717) is 11.4 Å². The summed E-state index contributed by atoms with van der Waals surface area (Å²) < 4.78 is 7.29. The van der Waals surface area contributed by atoms with Gasteiger partial charge in [0.05, 0.1) is 30.6 Å². The van der Waals surface area contributed by atoms with Crippen molar-refractivity contribution in [2.24, 2.45) is 0 Å². The summed E-state index contributed by atoms with van der Waals surface area (Å²) in [6.45, 7) is 2.88. The zero-order chi connectivity index (χ0) is 14.8. The molecule has 0 atom stereocenters. The van der Waals surface area contributed by atoms with Gasteiger partial charge in [-0.15, -0.1) is 5.10 Å². The fraction of sp³-hybridized carbons (Fsp3) is 0.188. The van der Waals surface area contributed by atoms with Crippen LogP contribution in [0.3, 0.4) is 0 Å². The van der Waals surface area contributed by atoms with Crippen molar-refractivity contribution < 1.29 is 4.74 Å². The second kappa shape index (κ2) is 5.25. The van der Waals surface area contributed by atoms with Gasteiger partial charge in [-0.1, -0.05) is 6.07 Å². The van der Waals surface area contributed by atoms with E-state index in [-0.39, 0.29) is 0 Å². The molecule has 0 unspecified atom stereocenters. The lowest BCUT2D eigenvalue weighted by molar-refractivity contribution is 0.392. The smallest absolute Gasteiger partial charge is 0.233 e. The molecule has 0 saturated carbocycles. The van der Waals surface area contributed by atoms with Gasteiger partial charge in [0.15, 0.2) is 0 Å². The second-order valence-electron chi connectivity index (χ2n) is 4.65. The van der Waals surface area contributed by atoms with Gasteiger partial charge in [0.25, 0.3) is 0 Å². The number of fused-ring (bicyclic) bond motifs is 1. The maximum absolute atomic E-state index is 9.06. The molecule has 0 spiro atoms. The van der Waals surface area contributed by atoms with E-state index in [2.05, 4.69) is 33.8 Å². The lowest BCUT2D eigenvalue weighted by Crippen LogP contribution is -1.98. The number of ether oxygens (including phenoxy) is 1. The summed E-state index contributed by atoms with van der Waals surface area (Å²) in [5.41, 5.74) is 3.68. The van der Waals surface area contributed by atoms with Crippen LogP contribution in [0.1, 0.15) is 12.5 Å². The maximum atomic E-state index is 9.06. The quantitative estimate of drug-likeness (QED) is 0.738. The summed E-state index contributed by atoms with van der Waals surface area (Å²) in [7, 11) is 1.57. The highest BCUT2D eigenvalue weighted by atomic mass is 16.5. The van der Waals surface area contributed by atoms with Gasteiger partial charge in [0.2, 0.25) is 5.88 Å². The van der Waals surface area contributed by atoms with Gasteiger partial charge < -0.3 is 9.30 Å². The normalized spacial score (nSPS) is 10.5. The Hall–Kier alpha value is -2.87. The Morgan fingerprint density at radius 2 is 2.14 bits per heavy atom. The number of hydrogen-bond acceptors (Lipinski definition) is 4. The lowest BCUT2D eigenvalue weighted by atomic mass is 10.1. The Labute approximate surface area is 122 Å². The predicted molar refractivity (Wildman–Crippen MR) is 79.9 cm³/mol. The number of hydrogen-bond donors (Lipinski definition) is 0. The van der Waals surface area contributed by atoms with Crippen LogP contribution in [0.15, 0.2) is 36.5 Å². The van der Waals surface area contributed by atoms with E-state index in [1.807, 2.05) is 24.3 Å². The Kier molecular flexibility index (Phi) is 3.28. The van der Waals surface area contributed by atoms with E-state index in [9.17, 15) is 0 Å². The number of nitriles is 1. The third-order valence-electron chi connectivity index (χ3n) is 3.49. The number of nitrogens with zero attached hydrogens (tertiary/aromatic N) is 4. The lowest BCUT2D eigenvalue weighted by Gasteiger charge is -2.08. The topological polar surface area (TPSA) is 63.7 Å². The molecule has 0 N–H and O–H groups in total. The van der Waals surface area contributed by atoms with Crippen molar-refractivity contribution in [1.82, 2.24) is 14.8 Å². The van der Waals surface area contributed by atoms with Crippen molar-refractivity contribution in [3.63, 3.8) is 0 Å². The van der Waals surface area contributed by atoms with Crippen LogP contribution in [0, 0.1) is 11.3 Å². The predicted octanol–water partition coefficient (Wildman–Crippen LogP) is 3.00. The molecule has 0 radical (unpaired) electrons. The molecule has 0 fully saturated rings. The van der Waals surface area contributed by atoms with Gasteiger partial charge in [0.1, 0.15) is 0 Å². The van der Waals surface area contributed by atoms with Crippen LogP contribution in [0.25, 0.3) is 22.2 Å².